The zero-order valence-electron chi connectivity index (χ0n) is 26.3. The maximum atomic E-state index is 5.23. The van der Waals surface area contributed by atoms with Crippen molar-refractivity contribution in [2.75, 3.05) is 0 Å². The van der Waals surface area contributed by atoms with Gasteiger partial charge in [-0.05, 0) is 53.2 Å². The van der Waals surface area contributed by atoms with Crippen LogP contribution >= 0.6 is 11.3 Å². The topological polar surface area (TPSA) is 37.6 Å². The van der Waals surface area contributed by atoms with Gasteiger partial charge in [0.25, 0.3) is 0 Å². The fourth-order valence-electron chi connectivity index (χ4n) is 6.26. The van der Waals surface area contributed by atoms with Crippen molar-refractivity contribution in [3.8, 4) is 22.4 Å². The van der Waals surface area contributed by atoms with Crippen LogP contribution in [0.2, 0.25) is 0 Å². The highest BCUT2D eigenvalue weighted by atomic mass is 32.1. The molecule has 2 aromatic heterocycles. The maximum absolute atomic E-state index is 5.23. The van der Waals surface area contributed by atoms with Crippen LogP contribution in [-0.4, -0.2) is 17.4 Å². The van der Waals surface area contributed by atoms with E-state index in [9.17, 15) is 0 Å². The molecule has 0 unspecified atom stereocenters. The number of pyridine rings is 1. The van der Waals surface area contributed by atoms with E-state index in [1.54, 1.807) is 0 Å². The Morgan fingerprint density at radius 2 is 1.29 bits per heavy atom. The smallest absolute Gasteiger partial charge is 0.0802 e. The number of para-hydroxylation sites is 1. The van der Waals surface area contributed by atoms with Gasteiger partial charge in [-0.15, -0.1) is 11.3 Å². The summed E-state index contributed by atoms with van der Waals surface area (Å²) in [4.78, 5) is 14.8. The van der Waals surface area contributed by atoms with Crippen molar-refractivity contribution in [2.24, 2.45) is 9.98 Å². The Kier molecular flexibility index (Phi) is 7.99. The minimum Gasteiger partial charge on any atom is -0.280 e. The van der Waals surface area contributed by atoms with Gasteiger partial charge in [0.05, 0.1) is 29.2 Å². The van der Waals surface area contributed by atoms with Crippen molar-refractivity contribution >= 4 is 60.5 Å². The highest BCUT2D eigenvalue weighted by Gasteiger charge is 2.16. The molecule has 0 spiro atoms. The van der Waals surface area contributed by atoms with Gasteiger partial charge in [0.1, 0.15) is 0 Å². The molecular formula is C44H31N3S. The van der Waals surface area contributed by atoms with E-state index in [0.717, 1.165) is 50.4 Å². The summed E-state index contributed by atoms with van der Waals surface area (Å²) in [5, 5.41) is 3.65. The monoisotopic (exact) mass is 633 g/mol. The van der Waals surface area contributed by atoms with E-state index in [1.807, 2.05) is 41.7 Å². The molecule has 0 aliphatic heterocycles. The number of hydrogen-bond donors (Lipinski definition) is 0. The normalized spacial score (nSPS) is 12.2. The van der Waals surface area contributed by atoms with Crippen LogP contribution in [0.15, 0.2) is 174 Å². The van der Waals surface area contributed by atoms with Crippen LogP contribution < -0.4 is 0 Å². The Morgan fingerprint density at radius 3 is 2.08 bits per heavy atom. The Bertz CT molecular complexity index is 2470. The molecule has 0 saturated carbocycles. The number of allylic oxidation sites excluding steroid dienone is 1. The van der Waals surface area contributed by atoms with Crippen LogP contribution in [0, 0.1) is 0 Å². The molecule has 3 nitrogen and oxygen atoms in total. The first-order valence-electron chi connectivity index (χ1n) is 16.0. The van der Waals surface area contributed by atoms with Gasteiger partial charge in [0, 0.05) is 36.7 Å². The van der Waals surface area contributed by atoms with E-state index in [-0.39, 0.29) is 0 Å². The number of aromatic nitrogens is 1. The standard InChI is InChI=1S/C44H31N3S/c1-45-39(34-25-23-32(24-26-34)31-14-4-2-5-15-31)28-40(33-16-6-3-7-17-33)46-29-30-13-12-18-35(27-30)43-42-37-20-9-11-22-41(37)48-44(42)36-19-8-10-21-38(36)47-43/h2-28H,1,29H2/b39-28-,46-40?. The van der Waals surface area contributed by atoms with Crippen molar-refractivity contribution in [3.63, 3.8) is 0 Å². The number of fused-ring (bicyclic) bond motifs is 5. The lowest BCUT2D eigenvalue weighted by molar-refractivity contribution is 1.07. The van der Waals surface area contributed by atoms with E-state index in [1.165, 1.54) is 31.1 Å². The third-order valence-electron chi connectivity index (χ3n) is 8.65. The average molecular weight is 634 g/mol. The molecule has 228 valence electrons. The molecule has 4 heteroatoms. The van der Waals surface area contributed by atoms with Crippen LogP contribution in [0.3, 0.4) is 0 Å². The van der Waals surface area contributed by atoms with Crippen LogP contribution in [-0.2, 0) is 6.54 Å². The zero-order valence-corrected chi connectivity index (χ0v) is 27.1. The fraction of sp³-hybridized carbons (Fsp3) is 0.0227. The Morgan fingerprint density at radius 1 is 0.625 bits per heavy atom. The van der Waals surface area contributed by atoms with E-state index >= 15 is 0 Å². The summed E-state index contributed by atoms with van der Waals surface area (Å²) in [6.07, 6.45) is 2.04. The molecule has 0 atom stereocenters. The zero-order chi connectivity index (χ0) is 32.3. The van der Waals surface area contributed by atoms with Crippen molar-refractivity contribution in [2.45, 2.75) is 6.54 Å². The highest BCUT2D eigenvalue weighted by molar-refractivity contribution is 7.26. The quantitative estimate of drug-likeness (QED) is 0.153. The molecule has 6 aromatic carbocycles. The molecule has 0 aliphatic rings. The molecule has 48 heavy (non-hydrogen) atoms. The van der Waals surface area contributed by atoms with Crippen LogP contribution in [0.25, 0.3) is 59.2 Å². The van der Waals surface area contributed by atoms with Gasteiger partial charge in [0.2, 0.25) is 0 Å². The lowest BCUT2D eigenvalue weighted by Crippen LogP contribution is -2.00. The molecule has 0 amide bonds. The molecule has 0 saturated heterocycles. The molecule has 0 radical (unpaired) electrons. The SMILES string of the molecule is C=N/C(=C\C(=NCc1cccc(-c2nc3ccccc3c3sc4ccccc4c23)c1)c1ccccc1)c1ccc(-c2ccccc2)cc1. The minimum absolute atomic E-state index is 0.507. The lowest BCUT2D eigenvalue weighted by Gasteiger charge is -2.10. The number of hydrogen-bond acceptors (Lipinski definition) is 4. The lowest BCUT2D eigenvalue weighted by atomic mass is 10.0. The van der Waals surface area contributed by atoms with Crippen LogP contribution in [0.5, 0.6) is 0 Å². The average Bonchev–Trinajstić information content (AvgIpc) is 3.56. The maximum Gasteiger partial charge on any atom is 0.0802 e. The highest BCUT2D eigenvalue weighted by Crippen LogP contribution is 2.42. The first-order chi connectivity index (χ1) is 23.7. The van der Waals surface area contributed by atoms with Crippen molar-refractivity contribution in [3.05, 3.63) is 180 Å². The van der Waals surface area contributed by atoms with Crippen molar-refractivity contribution in [1.29, 1.82) is 0 Å². The predicted molar refractivity (Wildman–Crippen MR) is 206 cm³/mol. The molecule has 0 bridgehead atoms. The van der Waals surface area contributed by atoms with Crippen molar-refractivity contribution < 1.29 is 0 Å². The van der Waals surface area contributed by atoms with Gasteiger partial charge in [-0.2, -0.15) is 0 Å². The second-order valence-corrected chi connectivity index (χ2v) is 12.7. The summed E-state index contributed by atoms with van der Waals surface area (Å²) in [6.45, 7) is 4.42. The van der Waals surface area contributed by atoms with Crippen molar-refractivity contribution in [1.82, 2.24) is 4.98 Å². The minimum atomic E-state index is 0.507. The van der Waals surface area contributed by atoms with Crippen LogP contribution in [0.4, 0.5) is 0 Å². The van der Waals surface area contributed by atoms with Gasteiger partial charge in [-0.25, -0.2) is 4.98 Å². The number of benzene rings is 6. The van der Waals surface area contributed by atoms with Gasteiger partial charge in [-0.3, -0.25) is 9.98 Å². The second kappa shape index (κ2) is 13.0. The van der Waals surface area contributed by atoms with E-state index < -0.39 is 0 Å². The van der Waals surface area contributed by atoms with Gasteiger partial charge >= 0.3 is 0 Å². The third-order valence-corrected chi connectivity index (χ3v) is 9.85. The number of rotatable bonds is 8. The fourth-order valence-corrected chi connectivity index (χ4v) is 7.49. The Labute approximate surface area is 283 Å². The largest absolute Gasteiger partial charge is 0.280 e. The summed E-state index contributed by atoms with van der Waals surface area (Å²) < 4.78 is 2.55. The molecular weight excluding hydrogens is 603 g/mol. The van der Waals surface area contributed by atoms with Gasteiger partial charge in [-0.1, -0.05) is 140 Å². The number of aliphatic imine (C=N–C) groups is 2. The molecule has 2 heterocycles. The third kappa shape index (κ3) is 5.74. The summed E-state index contributed by atoms with van der Waals surface area (Å²) in [5.41, 5.74) is 10.2. The second-order valence-electron chi connectivity index (χ2n) is 11.7. The molecule has 0 aliphatic carbocycles. The van der Waals surface area contributed by atoms with Gasteiger partial charge < -0.3 is 0 Å². The molecule has 8 rings (SSSR count). The van der Waals surface area contributed by atoms with E-state index in [0.29, 0.717) is 6.54 Å². The van der Waals surface area contributed by atoms with Crippen LogP contribution in [0.1, 0.15) is 16.7 Å². The van der Waals surface area contributed by atoms with E-state index in [2.05, 4.69) is 145 Å². The molecule has 8 aromatic rings. The summed E-state index contributed by atoms with van der Waals surface area (Å²) in [7, 11) is 0. The first-order valence-corrected chi connectivity index (χ1v) is 16.8. The number of nitrogens with zero attached hydrogens (tertiary/aromatic N) is 3. The van der Waals surface area contributed by atoms with E-state index in [4.69, 9.17) is 9.98 Å². The summed E-state index contributed by atoms with van der Waals surface area (Å²) in [6, 6.07) is 54.8. The Balaban J connectivity index is 1.18. The first kappa shape index (κ1) is 29.4. The summed E-state index contributed by atoms with van der Waals surface area (Å²) >= 11 is 1.84. The molecule has 0 fully saturated rings. The van der Waals surface area contributed by atoms with Gasteiger partial charge in [0.15, 0.2) is 0 Å². The summed E-state index contributed by atoms with van der Waals surface area (Å²) in [5.74, 6) is 0. The predicted octanol–water partition coefficient (Wildman–Crippen LogP) is 11.7. The Hall–Kier alpha value is -5.97. The number of thiophene rings is 1. The molecule has 0 N–H and O–H groups in total.